The summed E-state index contributed by atoms with van der Waals surface area (Å²) in [7, 11) is 0. The lowest BCUT2D eigenvalue weighted by Gasteiger charge is -2.11. The van der Waals surface area contributed by atoms with Crippen LogP contribution in [0.3, 0.4) is 0 Å². The first-order chi connectivity index (χ1) is 7.65. The molecule has 0 aromatic carbocycles. The maximum Gasteiger partial charge on any atom is 0.168 e. The van der Waals surface area contributed by atoms with Crippen LogP contribution in [0.5, 0.6) is 0 Å². The van der Waals surface area contributed by atoms with E-state index < -0.39 is 11.6 Å². The Morgan fingerprint density at radius 3 is 2.88 bits per heavy atom. The Bertz CT molecular complexity index is 373. The minimum absolute atomic E-state index is 0.0720. The number of hydrogen-bond donors (Lipinski definition) is 2. The van der Waals surface area contributed by atoms with Gasteiger partial charge in [-0.15, -0.1) is 0 Å². The van der Waals surface area contributed by atoms with Crippen LogP contribution in [0, 0.1) is 17.6 Å². The minimum Gasteiger partial charge on any atom is -0.393 e. The molecular weight excluding hydrogens is 214 g/mol. The number of nitrogens with zero attached hydrogens (tertiary/aromatic N) is 1. The Kier molecular flexibility index (Phi) is 3.33. The second-order valence-corrected chi connectivity index (χ2v) is 4.20. The van der Waals surface area contributed by atoms with E-state index in [1.807, 2.05) is 0 Å². The Balaban J connectivity index is 1.89. The van der Waals surface area contributed by atoms with E-state index >= 15 is 0 Å². The fourth-order valence-electron chi connectivity index (χ4n) is 2.02. The van der Waals surface area contributed by atoms with Gasteiger partial charge < -0.3 is 10.4 Å². The minimum atomic E-state index is -0.682. The van der Waals surface area contributed by atoms with Gasteiger partial charge in [0.1, 0.15) is 5.82 Å². The van der Waals surface area contributed by atoms with Crippen molar-refractivity contribution in [2.75, 3.05) is 11.9 Å². The largest absolute Gasteiger partial charge is 0.393 e. The summed E-state index contributed by atoms with van der Waals surface area (Å²) >= 11 is 0. The molecule has 1 aliphatic rings. The van der Waals surface area contributed by atoms with Gasteiger partial charge in [0.2, 0.25) is 0 Å². The molecule has 2 N–H and O–H groups in total. The molecule has 2 atom stereocenters. The van der Waals surface area contributed by atoms with E-state index in [1.165, 1.54) is 0 Å². The number of pyridine rings is 1. The Morgan fingerprint density at radius 2 is 2.25 bits per heavy atom. The smallest absolute Gasteiger partial charge is 0.168 e. The zero-order chi connectivity index (χ0) is 11.5. The van der Waals surface area contributed by atoms with Crippen LogP contribution in [0.15, 0.2) is 12.3 Å². The van der Waals surface area contributed by atoms with Crippen molar-refractivity contribution in [1.82, 2.24) is 4.98 Å². The third-order valence-corrected chi connectivity index (χ3v) is 2.88. The molecule has 16 heavy (non-hydrogen) atoms. The predicted molar refractivity (Wildman–Crippen MR) is 56.0 cm³/mol. The van der Waals surface area contributed by atoms with Gasteiger partial charge in [-0.25, -0.2) is 13.8 Å². The molecular formula is C11H14F2N2O. The van der Waals surface area contributed by atoms with Crippen molar-refractivity contribution in [2.45, 2.75) is 25.4 Å². The number of aliphatic hydroxyl groups is 1. The highest BCUT2D eigenvalue weighted by Crippen LogP contribution is 2.25. The van der Waals surface area contributed by atoms with Crippen molar-refractivity contribution < 1.29 is 13.9 Å². The van der Waals surface area contributed by atoms with Gasteiger partial charge >= 0.3 is 0 Å². The molecule has 1 aromatic heterocycles. The first-order valence-electron chi connectivity index (χ1n) is 5.38. The van der Waals surface area contributed by atoms with Crippen molar-refractivity contribution >= 4 is 5.82 Å². The van der Waals surface area contributed by atoms with Crippen LogP contribution in [0.25, 0.3) is 0 Å². The number of aromatic nitrogens is 1. The molecule has 0 aliphatic heterocycles. The van der Waals surface area contributed by atoms with E-state index in [2.05, 4.69) is 10.3 Å². The topological polar surface area (TPSA) is 45.1 Å². The number of anilines is 1. The van der Waals surface area contributed by atoms with Crippen molar-refractivity contribution in [3.63, 3.8) is 0 Å². The van der Waals surface area contributed by atoms with E-state index in [0.717, 1.165) is 31.5 Å². The summed E-state index contributed by atoms with van der Waals surface area (Å²) in [6, 6.07) is 0.804. The van der Waals surface area contributed by atoms with Gasteiger partial charge in [-0.05, 0) is 25.2 Å². The van der Waals surface area contributed by atoms with Gasteiger partial charge in [0, 0.05) is 12.6 Å². The van der Waals surface area contributed by atoms with E-state index in [4.69, 9.17) is 0 Å². The molecule has 1 aliphatic carbocycles. The number of aliphatic hydroxyl groups excluding tert-OH is 1. The predicted octanol–water partition coefficient (Wildman–Crippen LogP) is 1.93. The van der Waals surface area contributed by atoms with E-state index in [-0.39, 0.29) is 11.9 Å². The van der Waals surface area contributed by atoms with Gasteiger partial charge in [-0.1, -0.05) is 0 Å². The summed E-state index contributed by atoms with van der Waals surface area (Å²) in [5.41, 5.74) is 0. The van der Waals surface area contributed by atoms with Crippen LogP contribution in [0.2, 0.25) is 0 Å². The maximum atomic E-state index is 13.2. The molecule has 88 valence electrons. The standard InChI is InChI=1S/C11H14F2N2O/c12-8-4-10(13)11(15-6-8)14-5-7-1-2-9(16)3-7/h4,6-7,9,16H,1-3,5H2,(H,14,15). The van der Waals surface area contributed by atoms with Gasteiger partial charge in [0.25, 0.3) is 0 Å². The van der Waals surface area contributed by atoms with Crippen molar-refractivity contribution in [3.8, 4) is 0 Å². The number of rotatable bonds is 3. The lowest BCUT2D eigenvalue weighted by Crippen LogP contribution is -2.14. The van der Waals surface area contributed by atoms with E-state index in [9.17, 15) is 13.9 Å². The summed E-state index contributed by atoms with van der Waals surface area (Å²) in [4.78, 5) is 3.63. The third kappa shape index (κ3) is 2.66. The fourth-order valence-corrected chi connectivity index (χ4v) is 2.02. The summed E-state index contributed by atoms with van der Waals surface area (Å²) in [6.45, 7) is 0.562. The molecule has 1 saturated carbocycles. The molecule has 0 saturated heterocycles. The molecule has 1 heterocycles. The molecule has 0 spiro atoms. The van der Waals surface area contributed by atoms with Gasteiger partial charge in [-0.3, -0.25) is 0 Å². The summed E-state index contributed by atoms with van der Waals surface area (Å²) in [6.07, 6.45) is 3.20. The molecule has 2 rings (SSSR count). The number of halogens is 2. The van der Waals surface area contributed by atoms with Gasteiger partial charge in [0.15, 0.2) is 11.6 Å². The van der Waals surface area contributed by atoms with E-state index in [0.29, 0.717) is 12.5 Å². The SMILES string of the molecule is OC1CCC(CNc2ncc(F)cc2F)C1. The molecule has 1 fully saturated rings. The second kappa shape index (κ2) is 4.74. The van der Waals surface area contributed by atoms with Crippen LogP contribution in [-0.4, -0.2) is 22.7 Å². The highest BCUT2D eigenvalue weighted by molar-refractivity contribution is 5.35. The van der Waals surface area contributed by atoms with Gasteiger partial charge in [0.05, 0.1) is 12.3 Å². The zero-order valence-corrected chi connectivity index (χ0v) is 8.79. The number of nitrogens with one attached hydrogen (secondary N) is 1. The molecule has 1 aromatic rings. The average Bonchev–Trinajstić information content (AvgIpc) is 2.63. The molecule has 0 radical (unpaired) electrons. The summed E-state index contributed by atoms with van der Waals surface area (Å²) < 4.78 is 25.8. The first-order valence-corrected chi connectivity index (χ1v) is 5.38. The van der Waals surface area contributed by atoms with Crippen LogP contribution < -0.4 is 5.32 Å². The highest BCUT2D eigenvalue weighted by atomic mass is 19.1. The van der Waals surface area contributed by atoms with Crippen molar-refractivity contribution in [2.24, 2.45) is 5.92 Å². The summed E-state index contributed by atoms with van der Waals surface area (Å²) in [5, 5.41) is 12.2. The van der Waals surface area contributed by atoms with E-state index in [1.54, 1.807) is 0 Å². The molecule has 3 nitrogen and oxygen atoms in total. The normalized spacial score (nSPS) is 24.7. The first kappa shape index (κ1) is 11.3. The fraction of sp³-hybridized carbons (Fsp3) is 0.545. The van der Waals surface area contributed by atoms with Crippen LogP contribution in [0.1, 0.15) is 19.3 Å². The summed E-state index contributed by atoms with van der Waals surface area (Å²) in [5.74, 6) is -0.957. The molecule has 5 heteroatoms. The van der Waals surface area contributed by atoms with Crippen molar-refractivity contribution in [1.29, 1.82) is 0 Å². The third-order valence-electron chi connectivity index (χ3n) is 2.88. The Morgan fingerprint density at radius 1 is 1.44 bits per heavy atom. The number of hydrogen-bond acceptors (Lipinski definition) is 3. The molecule has 0 bridgehead atoms. The second-order valence-electron chi connectivity index (χ2n) is 4.20. The lowest BCUT2D eigenvalue weighted by atomic mass is 10.1. The highest BCUT2D eigenvalue weighted by Gasteiger charge is 2.22. The van der Waals surface area contributed by atoms with Crippen LogP contribution in [0.4, 0.5) is 14.6 Å². The van der Waals surface area contributed by atoms with Crippen LogP contribution >= 0.6 is 0 Å². The monoisotopic (exact) mass is 228 g/mol. The Labute approximate surface area is 92.5 Å². The molecule has 0 amide bonds. The maximum absolute atomic E-state index is 13.2. The molecule has 2 unspecified atom stereocenters. The lowest BCUT2D eigenvalue weighted by molar-refractivity contribution is 0.178. The Hall–Kier alpha value is -1.23. The van der Waals surface area contributed by atoms with Crippen molar-refractivity contribution in [3.05, 3.63) is 23.9 Å². The average molecular weight is 228 g/mol. The quantitative estimate of drug-likeness (QED) is 0.831. The zero-order valence-electron chi connectivity index (χ0n) is 8.79. The van der Waals surface area contributed by atoms with Crippen LogP contribution in [-0.2, 0) is 0 Å². The van der Waals surface area contributed by atoms with Gasteiger partial charge in [-0.2, -0.15) is 0 Å².